The lowest BCUT2D eigenvalue weighted by molar-refractivity contribution is -0.197. The zero-order chi connectivity index (χ0) is 27.1. The van der Waals surface area contributed by atoms with Gasteiger partial charge in [-0.05, 0) is 38.0 Å². The fourth-order valence-electron chi connectivity index (χ4n) is 3.65. The molecule has 1 unspecified atom stereocenters. The van der Waals surface area contributed by atoms with E-state index >= 15 is 0 Å². The summed E-state index contributed by atoms with van der Waals surface area (Å²) < 4.78 is 42.8. The van der Waals surface area contributed by atoms with Gasteiger partial charge < -0.3 is 18.7 Å². The minimum Gasteiger partial charge on any atom is -0.465 e. The molecule has 2 heterocycles. The van der Waals surface area contributed by atoms with Crippen molar-refractivity contribution in [3.63, 3.8) is 0 Å². The Balaban J connectivity index is 1.57. The number of nitrogens with one attached hydrogen (secondary N) is 2. The molecule has 4 rings (SSSR count). The third-order valence-electron chi connectivity index (χ3n) is 5.46. The Morgan fingerprint density at radius 2 is 1.84 bits per heavy atom. The van der Waals surface area contributed by atoms with E-state index in [0.717, 1.165) is 10.1 Å². The minimum absolute atomic E-state index is 0.111. The number of benzene rings is 2. The van der Waals surface area contributed by atoms with Crippen molar-refractivity contribution in [2.75, 3.05) is 13.2 Å². The van der Waals surface area contributed by atoms with Gasteiger partial charge in [0.25, 0.3) is 12.0 Å². The summed E-state index contributed by atoms with van der Waals surface area (Å²) in [7, 11) is -4.35. The van der Waals surface area contributed by atoms with Crippen LogP contribution in [0.4, 0.5) is 0 Å². The summed E-state index contributed by atoms with van der Waals surface area (Å²) in [5.74, 6) is -0.453. The van der Waals surface area contributed by atoms with Crippen LogP contribution in [0.25, 0.3) is 0 Å². The van der Waals surface area contributed by atoms with Crippen LogP contribution in [0.2, 0.25) is 0 Å². The average molecular weight is 545 g/mol. The number of para-hydroxylation sites is 1. The van der Waals surface area contributed by atoms with E-state index in [1.54, 1.807) is 37.3 Å². The van der Waals surface area contributed by atoms with Gasteiger partial charge >= 0.3 is 19.4 Å². The molecule has 202 valence electrons. The highest BCUT2D eigenvalue weighted by atomic mass is 31.2. The van der Waals surface area contributed by atoms with Gasteiger partial charge in [0.15, 0.2) is 6.23 Å². The number of aromatic nitrogens is 2. The Hall–Kier alpha value is -3.54. The molecule has 1 aliphatic heterocycles. The summed E-state index contributed by atoms with van der Waals surface area (Å²) in [5.41, 5.74) is -0.158. The molecular weight excluding hydrogens is 517 g/mol. The first kappa shape index (κ1) is 27.5. The maximum atomic E-state index is 14.0. The van der Waals surface area contributed by atoms with Crippen LogP contribution in [0.3, 0.4) is 0 Å². The first-order valence-electron chi connectivity index (χ1n) is 11.9. The number of rotatable bonds is 11. The van der Waals surface area contributed by atoms with Crippen molar-refractivity contribution >= 4 is 13.7 Å². The van der Waals surface area contributed by atoms with Crippen LogP contribution in [0, 0.1) is 6.92 Å². The molecule has 0 radical (unpaired) electrons. The third-order valence-corrected chi connectivity index (χ3v) is 6.99. The van der Waals surface area contributed by atoms with Gasteiger partial charge in [0.1, 0.15) is 11.8 Å². The zero-order valence-electron chi connectivity index (χ0n) is 20.8. The number of carbonyl (C=O) groups is 1. The van der Waals surface area contributed by atoms with Crippen molar-refractivity contribution in [2.45, 2.75) is 39.0 Å². The summed E-state index contributed by atoms with van der Waals surface area (Å²) in [6.07, 6.45) is 0.483. The van der Waals surface area contributed by atoms with E-state index in [-0.39, 0.29) is 30.9 Å². The van der Waals surface area contributed by atoms with Crippen molar-refractivity contribution in [3.05, 3.63) is 98.8 Å². The maximum absolute atomic E-state index is 14.0. The van der Waals surface area contributed by atoms with E-state index in [1.807, 2.05) is 30.3 Å². The molecule has 13 heteroatoms. The number of esters is 1. The molecular formula is C25H28N3O9P. The van der Waals surface area contributed by atoms with Crippen molar-refractivity contribution < 1.29 is 32.6 Å². The zero-order valence-corrected chi connectivity index (χ0v) is 21.7. The molecule has 12 nitrogen and oxygen atoms in total. The van der Waals surface area contributed by atoms with Crippen LogP contribution in [-0.4, -0.2) is 41.3 Å². The van der Waals surface area contributed by atoms with Crippen LogP contribution in [0.15, 0.2) is 76.4 Å². The van der Waals surface area contributed by atoms with E-state index in [4.69, 9.17) is 23.3 Å². The number of hydrogen-bond donors (Lipinski definition) is 2. The highest BCUT2D eigenvalue weighted by Gasteiger charge is 2.41. The molecule has 38 heavy (non-hydrogen) atoms. The van der Waals surface area contributed by atoms with E-state index in [1.165, 1.54) is 13.1 Å². The Labute approximate surface area is 218 Å². The SMILES string of the molecule is CCOC(=O)[C@H](Cc1ccccc1)NP(=O)(Oc1ccccc1)O[C@@H]1OC[C@H](n2cc(C)c(=O)[nH]c2=O)O1. The average Bonchev–Trinajstić information content (AvgIpc) is 3.34. The number of H-pyrrole nitrogens is 1. The molecule has 1 fully saturated rings. The topological polar surface area (TPSA) is 147 Å². The van der Waals surface area contributed by atoms with Gasteiger partial charge in [-0.2, -0.15) is 5.09 Å². The van der Waals surface area contributed by atoms with Crippen molar-refractivity contribution in [1.82, 2.24) is 14.6 Å². The fourth-order valence-corrected chi connectivity index (χ4v) is 5.12. The van der Waals surface area contributed by atoms with Crippen LogP contribution in [0.5, 0.6) is 5.75 Å². The van der Waals surface area contributed by atoms with E-state index in [0.29, 0.717) is 0 Å². The Kier molecular flexibility index (Phi) is 8.93. The smallest absolute Gasteiger partial charge is 0.463 e. The summed E-state index contributed by atoms with van der Waals surface area (Å²) in [6.45, 7) is 1.63. The second-order valence-electron chi connectivity index (χ2n) is 8.32. The summed E-state index contributed by atoms with van der Waals surface area (Å²) in [5, 5.41) is 2.68. The molecule has 0 saturated carbocycles. The van der Waals surface area contributed by atoms with Crippen molar-refractivity contribution in [2.24, 2.45) is 0 Å². The van der Waals surface area contributed by atoms with Gasteiger partial charge in [0.2, 0.25) is 0 Å². The van der Waals surface area contributed by atoms with Crippen LogP contribution < -0.4 is 20.9 Å². The van der Waals surface area contributed by atoms with Crippen LogP contribution >= 0.6 is 7.75 Å². The predicted molar refractivity (Wildman–Crippen MR) is 135 cm³/mol. The largest absolute Gasteiger partial charge is 0.465 e. The number of aryl methyl sites for hydroxylation is 1. The molecule has 3 aromatic rings. The molecule has 0 amide bonds. The number of carbonyl (C=O) groups excluding carboxylic acids is 1. The Morgan fingerprint density at radius 1 is 1.16 bits per heavy atom. The summed E-state index contributed by atoms with van der Waals surface area (Å²) in [6, 6.07) is 16.2. The van der Waals surface area contributed by atoms with E-state index in [2.05, 4.69) is 10.1 Å². The minimum atomic E-state index is -4.35. The molecule has 0 bridgehead atoms. The lowest BCUT2D eigenvalue weighted by Crippen LogP contribution is -2.40. The number of aromatic amines is 1. The first-order chi connectivity index (χ1) is 18.3. The maximum Gasteiger partial charge on any atom is 0.463 e. The first-order valence-corrected chi connectivity index (χ1v) is 13.4. The van der Waals surface area contributed by atoms with Gasteiger partial charge in [0, 0.05) is 11.8 Å². The quantitative estimate of drug-likeness (QED) is 0.272. The van der Waals surface area contributed by atoms with Crippen molar-refractivity contribution in [3.8, 4) is 5.75 Å². The molecule has 2 N–H and O–H groups in total. The molecule has 1 saturated heterocycles. The summed E-state index contributed by atoms with van der Waals surface area (Å²) in [4.78, 5) is 38.9. The van der Waals surface area contributed by atoms with E-state index < -0.39 is 43.7 Å². The monoisotopic (exact) mass is 545 g/mol. The predicted octanol–water partition coefficient (Wildman–Crippen LogP) is 2.64. The Bertz CT molecular complexity index is 1390. The highest BCUT2D eigenvalue weighted by molar-refractivity contribution is 7.52. The van der Waals surface area contributed by atoms with Gasteiger partial charge in [-0.3, -0.25) is 19.1 Å². The number of ether oxygens (including phenoxy) is 3. The van der Waals surface area contributed by atoms with Gasteiger partial charge in [-0.25, -0.2) is 13.9 Å². The number of nitrogens with zero attached hydrogens (tertiary/aromatic N) is 1. The molecule has 4 atom stereocenters. The highest BCUT2D eigenvalue weighted by Crippen LogP contribution is 2.47. The second kappa shape index (κ2) is 12.3. The lowest BCUT2D eigenvalue weighted by atomic mass is 10.1. The lowest BCUT2D eigenvalue weighted by Gasteiger charge is -2.26. The summed E-state index contributed by atoms with van der Waals surface area (Å²) >= 11 is 0. The third kappa shape index (κ3) is 7.06. The molecule has 1 aliphatic rings. The second-order valence-corrected chi connectivity index (χ2v) is 9.97. The molecule has 0 aliphatic carbocycles. The standard InChI is InChI=1S/C25H28N3O9P/c1-3-33-23(30)20(14-18-10-6-4-7-11-18)27-38(32,36-19-12-8-5-9-13-19)37-25-34-16-21(35-25)28-15-17(2)22(29)26-24(28)31/h4-13,15,20-21,25H,3,14,16H2,1-2H3,(H,27,32)(H,26,29,31)/t20-,21+,25+,38?/m0/s1. The molecule has 1 aromatic heterocycles. The fraction of sp³-hybridized carbons (Fsp3) is 0.320. The Morgan fingerprint density at radius 3 is 2.53 bits per heavy atom. The molecule has 0 spiro atoms. The number of hydrogen-bond acceptors (Lipinski definition) is 9. The van der Waals surface area contributed by atoms with Crippen LogP contribution in [-0.2, 0) is 34.5 Å². The van der Waals surface area contributed by atoms with Crippen LogP contribution in [0.1, 0.15) is 24.3 Å². The van der Waals surface area contributed by atoms with Gasteiger partial charge in [-0.1, -0.05) is 48.5 Å². The molecule has 2 aromatic carbocycles. The van der Waals surface area contributed by atoms with Gasteiger partial charge in [-0.15, -0.1) is 0 Å². The van der Waals surface area contributed by atoms with E-state index in [9.17, 15) is 18.9 Å². The van der Waals surface area contributed by atoms with Gasteiger partial charge in [0.05, 0.1) is 13.2 Å². The van der Waals surface area contributed by atoms with Crippen molar-refractivity contribution in [1.29, 1.82) is 0 Å². The normalized spacial score (nSPS) is 19.4.